The maximum atomic E-state index is 13.2. The van der Waals surface area contributed by atoms with Crippen LogP contribution < -0.4 is 20.9 Å². The van der Waals surface area contributed by atoms with Crippen molar-refractivity contribution in [3.8, 4) is 0 Å². The summed E-state index contributed by atoms with van der Waals surface area (Å²) >= 11 is 5.34. The van der Waals surface area contributed by atoms with Crippen LogP contribution in [0.15, 0.2) is 53.7 Å². The molecule has 1 amide bonds. The molecule has 3 rings (SSSR count). The Balaban J connectivity index is 1.95. The molecule has 5 nitrogen and oxygen atoms in total. The van der Waals surface area contributed by atoms with Gasteiger partial charge < -0.3 is 20.9 Å². The number of hydrogen-bond donors (Lipinski definition) is 3. The second kappa shape index (κ2) is 8.02. The van der Waals surface area contributed by atoms with Crippen LogP contribution in [0.2, 0.25) is 0 Å². The number of anilines is 2. The van der Waals surface area contributed by atoms with Gasteiger partial charge in [0.1, 0.15) is 0 Å². The van der Waals surface area contributed by atoms with E-state index in [9.17, 15) is 4.79 Å². The Morgan fingerprint density at radius 3 is 2.39 bits per heavy atom. The van der Waals surface area contributed by atoms with Gasteiger partial charge in [0.25, 0.3) is 5.91 Å². The lowest BCUT2D eigenvalue weighted by Crippen LogP contribution is -2.45. The monoisotopic (exact) mass is 394 g/mol. The third kappa shape index (κ3) is 4.17. The number of allylic oxidation sites excluding steroid dienone is 1. The van der Waals surface area contributed by atoms with E-state index in [1.165, 1.54) is 0 Å². The quantitative estimate of drug-likeness (QED) is 0.689. The molecule has 28 heavy (non-hydrogen) atoms. The first-order chi connectivity index (χ1) is 13.3. The zero-order chi connectivity index (χ0) is 20.4. The molecule has 0 unspecified atom stereocenters. The van der Waals surface area contributed by atoms with Crippen LogP contribution >= 0.6 is 12.2 Å². The Morgan fingerprint density at radius 1 is 1.07 bits per heavy atom. The minimum absolute atomic E-state index is 0.143. The van der Waals surface area contributed by atoms with Gasteiger partial charge in [0, 0.05) is 31.2 Å². The van der Waals surface area contributed by atoms with Gasteiger partial charge in [-0.25, -0.2) is 0 Å². The standard InChI is InChI=1S/C22H26N4OS/c1-13-6-7-14(2)18(12-13)24-21(27)19-15(3)23-22(28)25-20(19)16-8-10-17(11-9-16)26(4)5/h6-12,20H,1-5H3,(H,24,27)(H2,23,25,28)/t20-/m1/s1. The number of benzene rings is 2. The van der Waals surface area contributed by atoms with E-state index < -0.39 is 0 Å². The maximum Gasteiger partial charge on any atom is 0.255 e. The van der Waals surface area contributed by atoms with Crippen molar-refractivity contribution in [2.24, 2.45) is 0 Å². The molecule has 2 aromatic carbocycles. The molecule has 0 aliphatic carbocycles. The third-order valence-electron chi connectivity index (χ3n) is 4.90. The minimum Gasteiger partial charge on any atom is -0.378 e. The molecule has 1 aliphatic heterocycles. The number of thiocarbonyl (C=S) groups is 1. The normalized spacial score (nSPS) is 16.3. The number of nitrogens with zero attached hydrogens (tertiary/aromatic N) is 1. The highest BCUT2D eigenvalue weighted by Gasteiger charge is 2.30. The van der Waals surface area contributed by atoms with E-state index in [-0.39, 0.29) is 11.9 Å². The van der Waals surface area contributed by atoms with Crippen molar-refractivity contribution in [2.75, 3.05) is 24.3 Å². The molecular weight excluding hydrogens is 368 g/mol. The van der Waals surface area contributed by atoms with Crippen LogP contribution in [0.5, 0.6) is 0 Å². The van der Waals surface area contributed by atoms with Crippen molar-refractivity contribution < 1.29 is 4.79 Å². The fourth-order valence-electron chi connectivity index (χ4n) is 3.27. The molecule has 1 aliphatic rings. The van der Waals surface area contributed by atoms with Crippen molar-refractivity contribution in [2.45, 2.75) is 26.8 Å². The lowest BCUT2D eigenvalue weighted by Gasteiger charge is -2.30. The van der Waals surface area contributed by atoms with Crippen molar-refractivity contribution in [1.82, 2.24) is 10.6 Å². The van der Waals surface area contributed by atoms with Crippen LogP contribution in [0.4, 0.5) is 11.4 Å². The van der Waals surface area contributed by atoms with Gasteiger partial charge in [-0.1, -0.05) is 24.3 Å². The van der Waals surface area contributed by atoms with E-state index in [4.69, 9.17) is 12.2 Å². The molecule has 0 saturated carbocycles. The molecule has 1 atom stereocenters. The van der Waals surface area contributed by atoms with Crippen LogP contribution in [0.1, 0.15) is 29.7 Å². The largest absolute Gasteiger partial charge is 0.378 e. The molecule has 1 heterocycles. The Hall–Kier alpha value is -2.86. The number of amides is 1. The topological polar surface area (TPSA) is 56.4 Å². The van der Waals surface area contributed by atoms with Crippen LogP contribution in [0.25, 0.3) is 0 Å². The molecule has 2 aromatic rings. The van der Waals surface area contributed by atoms with Crippen LogP contribution in [-0.4, -0.2) is 25.1 Å². The van der Waals surface area contributed by atoms with E-state index in [0.29, 0.717) is 10.7 Å². The molecule has 0 fully saturated rings. The van der Waals surface area contributed by atoms with E-state index in [2.05, 4.69) is 16.0 Å². The van der Waals surface area contributed by atoms with Crippen molar-refractivity contribution in [1.29, 1.82) is 0 Å². The summed E-state index contributed by atoms with van der Waals surface area (Å²) in [6, 6.07) is 13.9. The fourth-order valence-corrected chi connectivity index (χ4v) is 3.54. The van der Waals surface area contributed by atoms with E-state index in [1.807, 2.05) is 82.2 Å². The first-order valence-electron chi connectivity index (χ1n) is 9.20. The van der Waals surface area contributed by atoms with Gasteiger partial charge in [0.2, 0.25) is 0 Å². The Bertz CT molecular complexity index is 948. The summed E-state index contributed by atoms with van der Waals surface area (Å²) in [6.45, 7) is 5.88. The molecule has 146 valence electrons. The summed E-state index contributed by atoms with van der Waals surface area (Å²) in [6.07, 6.45) is 0. The first-order valence-corrected chi connectivity index (χ1v) is 9.61. The zero-order valence-corrected chi connectivity index (χ0v) is 17.7. The summed E-state index contributed by atoms with van der Waals surface area (Å²) < 4.78 is 0. The summed E-state index contributed by atoms with van der Waals surface area (Å²) in [5.41, 5.74) is 6.42. The van der Waals surface area contributed by atoms with Gasteiger partial charge in [-0.05, 0) is 67.9 Å². The molecular formula is C22H26N4OS. The van der Waals surface area contributed by atoms with Crippen LogP contribution in [-0.2, 0) is 4.79 Å². The van der Waals surface area contributed by atoms with E-state index in [1.54, 1.807) is 0 Å². The molecule has 0 saturated heterocycles. The minimum atomic E-state index is -0.310. The smallest absolute Gasteiger partial charge is 0.255 e. The zero-order valence-electron chi connectivity index (χ0n) is 16.9. The van der Waals surface area contributed by atoms with Crippen LogP contribution in [0, 0.1) is 13.8 Å². The highest BCUT2D eigenvalue weighted by molar-refractivity contribution is 7.80. The second-order valence-electron chi connectivity index (χ2n) is 7.33. The molecule has 0 spiro atoms. The average molecular weight is 395 g/mol. The maximum absolute atomic E-state index is 13.2. The lowest BCUT2D eigenvalue weighted by molar-refractivity contribution is -0.113. The van der Waals surface area contributed by atoms with Gasteiger partial charge in [0.15, 0.2) is 5.11 Å². The number of hydrogen-bond acceptors (Lipinski definition) is 3. The van der Waals surface area contributed by atoms with Gasteiger partial charge in [-0.3, -0.25) is 4.79 Å². The van der Waals surface area contributed by atoms with Crippen molar-refractivity contribution in [3.05, 3.63) is 70.4 Å². The third-order valence-corrected chi connectivity index (χ3v) is 5.12. The summed E-state index contributed by atoms with van der Waals surface area (Å²) in [5, 5.41) is 9.91. The second-order valence-corrected chi connectivity index (χ2v) is 7.74. The Labute approximate surface area is 171 Å². The Kier molecular flexibility index (Phi) is 5.70. The fraction of sp³-hybridized carbons (Fsp3) is 0.273. The van der Waals surface area contributed by atoms with Crippen molar-refractivity contribution in [3.63, 3.8) is 0 Å². The van der Waals surface area contributed by atoms with Gasteiger partial charge in [-0.15, -0.1) is 0 Å². The van der Waals surface area contributed by atoms with Crippen LogP contribution in [0.3, 0.4) is 0 Å². The molecule has 3 N–H and O–H groups in total. The molecule has 0 radical (unpaired) electrons. The number of carbonyl (C=O) groups excluding carboxylic acids is 1. The first kappa shape index (κ1) is 19.9. The Morgan fingerprint density at radius 2 is 1.75 bits per heavy atom. The summed E-state index contributed by atoms with van der Waals surface area (Å²) in [4.78, 5) is 15.2. The molecule has 6 heteroatoms. The van der Waals surface area contributed by atoms with Gasteiger partial charge >= 0.3 is 0 Å². The van der Waals surface area contributed by atoms with Crippen molar-refractivity contribution >= 4 is 34.6 Å². The SMILES string of the molecule is CC1=C(C(=O)Nc2cc(C)ccc2C)[C@@H](c2ccc(N(C)C)cc2)NC(=S)N1. The number of carbonyl (C=O) groups is 1. The molecule has 0 bridgehead atoms. The van der Waals surface area contributed by atoms with Gasteiger partial charge in [0.05, 0.1) is 11.6 Å². The van der Waals surface area contributed by atoms with E-state index >= 15 is 0 Å². The number of rotatable bonds is 4. The number of aryl methyl sites for hydroxylation is 2. The summed E-state index contributed by atoms with van der Waals surface area (Å²) in [7, 11) is 4.00. The molecule has 0 aromatic heterocycles. The highest BCUT2D eigenvalue weighted by Crippen LogP contribution is 2.29. The van der Waals surface area contributed by atoms with Gasteiger partial charge in [-0.2, -0.15) is 0 Å². The van der Waals surface area contributed by atoms with E-state index in [0.717, 1.165) is 33.8 Å². The highest BCUT2D eigenvalue weighted by atomic mass is 32.1. The number of nitrogens with one attached hydrogen (secondary N) is 3. The predicted octanol–water partition coefficient (Wildman–Crippen LogP) is 3.80. The lowest BCUT2D eigenvalue weighted by atomic mass is 9.94. The summed E-state index contributed by atoms with van der Waals surface area (Å²) in [5.74, 6) is -0.143. The average Bonchev–Trinajstić information content (AvgIpc) is 2.64. The predicted molar refractivity (Wildman–Crippen MR) is 120 cm³/mol.